The van der Waals surface area contributed by atoms with Gasteiger partial charge in [-0.05, 0) is 31.5 Å². The van der Waals surface area contributed by atoms with Crippen LogP contribution in [0.1, 0.15) is 27.3 Å². The van der Waals surface area contributed by atoms with E-state index in [0.717, 1.165) is 28.3 Å². The van der Waals surface area contributed by atoms with E-state index in [1.54, 1.807) is 22.7 Å². The predicted octanol–water partition coefficient (Wildman–Crippen LogP) is 2.35. The van der Waals surface area contributed by atoms with Gasteiger partial charge >= 0.3 is 0 Å². The molecule has 128 valence electrons. The number of carbonyl (C=O) groups excluding carboxylic acids is 1. The molecule has 4 rings (SSSR count). The van der Waals surface area contributed by atoms with Gasteiger partial charge in [-0.2, -0.15) is 5.10 Å². The third kappa shape index (κ3) is 2.67. The summed E-state index contributed by atoms with van der Waals surface area (Å²) >= 11 is 0. The van der Waals surface area contributed by atoms with E-state index in [1.165, 1.54) is 0 Å². The van der Waals surface area contributed by atoms with Crippen LogP contribution in [0.5, 0.6) is 11.5 Å². The molecule has 1 aliphatic heterocycles. The maximum absolute atomic E-state index is 12.8. The fourth-order valence-electron chi connectivity index (χ4n) is 2.96. The van der Waals surface area contributed by atoms with Crippen LogP contribution in [0, 0.1) is 13.8 Å². The number of rotatable bonds is 3. The highest BCUT2D eigenvalue weighted by atomic mass is 16.7. The van der Waals surface area contributed by atoms with Crippen LogP contribution < -0.4 is 9.47 Å². The molecule has 1 aliphatic rings. The van der Waals surface area contributed by atoms with Crippen molar-refractivity contribution in [2.45, 2.75) is 20.4 Å². The second-order valence-corrected chi connectivity index (χ2v) is 6.16. The molecule has 0 saturated heterocycles. The van der Waals surface area contributed by atoms with Crippen LogP contribution in [0.2, 0.25) is 0 Å². The lowest BCUT2D eigenvalue weighted by molar-refractivity contribution is 0.0783. The molecule has 0 unspecified atom stereocenters. The Balaban J connectivity index is 1.59. The van der Waals surface area contributed by atoms with Crippen molar-refractivity contribution >= 4 is 11.6 Å². The van der Waals surface area contributed by atoms with Gasteiger partial charge in [-0.3, -0.25) is 4.79 Å². The Bertz CT molecular complexity index is 980. The molecule has 0 N–H and O–H groups in total. The molecule has 3 heterocycles. The van der Waals surface area contributed by atoms with Crippen molar-refractivity contribution in [1.29, 1.82) is 0 Å². The lowest BCUT2D eigenvalue weighted by Crippen LogP contribution is -2.27. The number of fused-ring (bicyclic) bond motifs is 2. The highest BCUT2D eigenvalue weighted by Crippen LogP contribution is 2.32. The molecule has 7 nitrogen and oxygen atoms in total. The van der Waals surface area contributed by atoms with Crippen LogP contribution in [-0.4, -0.2) is 39.2 Å². The zero-order valence-electron chi connectivity index (χ0n) is 14.3. The van der Waals surface area contributed by atoms with Gasteiger partial charge in [0.25, 0.3) is 5.91 Å². The van der Waals surface area contributed by atoms with E-state index in [1.807, 2.05) is 38.1 Å². The number of nitrogens with zero attached hydrogens (tertiary/aromatic N) is 4. The molecule has 1 aromatic carbocycles. The van der Waals surface area contributed by atoms with Crippen molar-refractivity contribution in [2.75, 3.05) is 13.8 Å². The summed E-state index contributed by atoms with van der Waals surface area (Å²) in [6, 6.07) is 7.58. The number of aryl methyl sites for hydroxylation is 2. The standard InChI is InChI=1S/C18H18N4O3/c1-11-6-17-19-8-14(12(2)22(17)20-11)18(23)21(3)9-13-4-5-15-16(7-13)25-10-24-15/h4-8H,9-10H2,1-3H3. The number of benzene rings is 1. The van der Waals surface area contributed by atoms with Crippen LogP contribution in [-0.2, 0) is 6.54 Å². The fourth-order valence-corrected chi connectivity index (χ4v) is 2.96. The van der Waals surface area contributed by atoms with Crippen LogP contribution in [0.4, 0.5) is 0 Å². The third-order valence-corrected chi connectivity index (χ3v) is 4.28. The molecule has 1 amide bonds. The molecule has 0 bridgehead atoms. The summed E-state index contributed by atoms with van der Waals surface area (Å²) in [4.78, 5) is 18.8. The van der Waals surface area contributed by atoms with Gasteiger partial charge in [0.1, 0.15) is 0 Å². The van der Waals surface area contributed by atoms with Gasteiger partial charge in [-0.1, -0.05) is 6.07 Å². The maximum atomic E-state index is 12.8. The predicted molar refractivity (Wildman–Crippen MR) is 90.8 cm³/mol. The Morgan fingerprint density at radius 2 is 2.04 bits per heavy atom. The molecule has 0 atom stereocenters. The van der Waals surface area contributed by atoms with E-state index >= 15 is 0 Å². The first-order valence-electron chi connectivity index (χ1n) is 7.99. The summed E-state index contributed by atoms with van der Waals surface area (Å²) in [6.45, 7) is 4.48. The number of ether oxygens (including phenoxy) is 2. The quantitative estimate of drug-likeness (QED) is 0.733. The minimum atomic E-state index is -0.0993. The van der Waals surface area contributed by atoms with Gasteiger partial charge < -0.3 is 14.4 Å². The Hall–Kier alpha value is -3.09. The van der Waals surface area contributed by atoms with Gasteiger partial charge in [-0.15, -0.1) is 0 Å². The Labute approximate surface area is 144 Å². The number of hydrogen-bond acceptors (Lipinski definition) is 5. The van der Waals surface area contributed by atoms with E-state index in [-0.39, 0.29) is 12.7 Å². The smallest absolute Gasteiger partial charge is 0.257 e. The lowest BCUT2D eigenvalue weighted by Gasteiger charge is -2.18. The number of hydrogen-bond donors (Lipinski definition) is 0. The van der Waals surface area contributed by atoms with Crippen LogP contribution >= 0.6 is 0 Å². The number of amides is 1. The first-order valence-corrected chi connectivity index (χ1v) is 7.99. The molecule has 0 fully saturated rings. The molecular formula is C18H18N4O3. The van der Waals surface area contributed by atoms with E-state index in [4.69, 9.17) is 9.47 Å². The van der Waals surface area contributed by atoms with Crippen LogP contribution in [0.25, 0.3) is 5.65 Å². The Morgan fingerprint density at radius 3 is 2.88 bits per heavy atom. The van der Waals surface area contributed by atoms with Crippen molar-refractivity contribution in [1.82, 2.24) is 19.5 Å². The van der Waals surface area contributed by atoms with Gasteiger partial charge in [0.05, 0.1) is 17.0 Å². The molecule has 2 aromatic heterocycles. The van der Waals surface area contributed by atoms with Crippen LogP contribution in [0.15, 0.2) is 30.5 Å². The third-order valence-electron chi connectivity index (χ3n) is 4.28. The zero-order valence-corrected chi connectivity index (χ0v) is 14.3. The first-order chi connectivity index (χ1) is 12.0. The lowest BCUT2D eigenvalue weighted by atomic mass is 10.1. The summed E-state index contributed by atoms with van der Waals surface area (Å²) in [7, 11) is 1.77. The van der Waals surface area contributed by atoms with Gasteiger partial charge in [0.2, 0.25) is 6.79 Å². The number of carbonyl (C=O) groups is 1. The SMILES string of the molecule is Cc1cc2ncc(C(=O)N(C)Cc3ccc4c(c3)OCO4)c(C)n2n1. The number of aromatic nitrogens is 3. The molecule has 3 aromatic rings. The van der Waals surface area contributed by atoms with Crippen molar-refractivity contribution in [2.24, 2.45) is 0 Å². The van der Waals surface area contributed by atoms with Crippen molar-refractivity contribution in [3.8, 4) is 11.5 Å². The first kappa shape index (κ1) is 15.4. The average Bonchev–Trinajstić information content (AvgIpc) is 3.20. The van der Waals surface area contributed by atoms with Gasteiger partial charge in [-0.25, -0.2) is 9.50 Å². The molecular weight excluding hydrogens is 320 g/mol. The topological polar surface area (TPSA) is 69.0 Å². The van der Waals surface area contributed by atoms with Crippen molar-refractivity contribution in [3.05, 3.63) is 53.0 Å². The fraction of sp³-hybridized carbons (Fsp3) is 0.278. The van der Waals surface area contributed by atoms with E-state index in [9.17, 15) is 4.79 Å². The zero-order chi connectivity index (χ0) is 17.6. The van der Waals surface area contributed by atoms with E-state index in [0.29, 0.717) is 17.9 Å². The van der Waals surface area contributed by atoms with Crippen LogP contribution in [0.3, 0.4) is 0 Å². The molecule has 0 saturated carbocycles. The summed E-state index contributed by atoms with van der Waals surface area (Å²) in [5, 5.41) is 4.39. The molecule has 25 heavy (non-hydrogen) atoms. The highest BCUT2D eigenvalue weighted by molar-refractivity contribution is 5.95. The van der Waals surface area contributed by atoms with E-state index in [2.05, 4.69) is 10.1 Å². The molecule has 0 spiro atoms. The van der Waals surface area contributed by atoms with Gasteiger partial charge in [0.15, 0.2) is 17.1 Å². The summed E-state index contributed by atoms with van der Waals surface area (Å²) in [6.07, 6.45) is 1.62. The largest absolute Gasteiger partial charge is 0.454 e. The van der Waals surface area contributed by atoms with Gasteiger partial charge in [0, 0.05) is 25.9 Å². The average molecular weight is 338 g/mol. The minimum absolute atomic E-state index is 0.0993. The molecule has 0 radical (unpaired) electrons. The highest BCUT2D eigenvalue weighted by Gasteiger charge is 2.19. The summed E-state index contributed by atoms with van der Waals surface area (Å²) in [5.74, 6) is 1.35. The normalized spacial score (nSPS) is 12.6. The Morgan fingerprint density at radius 1 is 1.24 bits per heavy atom. The Kier molecular flexibility index (Phi) is 3.56. The molecule has 0 aliphatic carbocycles. The minimum Gasteiger partial charge on any atom is -0.454 e. The monoisotopic (exact) mass is 338 g/mol. The molecule has 7 heteroatoms. The second-order valence-electron chi connectivity index (χ2n) is 6.16. The van der Waals surface area contributed by atoms with Crippen molar-refractivity contribution < 1.29 is 14.3 Å². The summed E-state index contributed by atoms with van der Waals surface area (Å²) < 4.78 is 12.4. The second kappa shape index (κ2) is 5.77. The summed E-state index contributed by atoms with van der Waals surface area (Å²) in [5.41, 5.74) is 3.90. The maximum Gasteiger partial charge on any atom is 0.257 e. The van der Waals surface area contributed by atoms with Crippen molar-refractivity contribution in [3.63, 3.8) is 0 Å². The van der Waals surface area contributed by atoms with E-state index < -0.39 is 0 Å².